The first-order chi connectivity index (χ1) is 11.4. The normalized spacial score (nSPS) is 12.1. The van der Waals surface area contributed by atoms with Crippen LogP contribution in [-0.2, 0) is 0 Å². The zero-order valence-electron chi connectivity index (χ0n) is 14.1. The summed E-state index contributed by atoms with van der Waals surface area (Å²) in [6, 6.07) is 11.8. The van der Waals surface area contributed by atoms with E-state index in [0.29, 0.717) is 11.0 Å². The number of halogens is 2. The van der Waals surface area contributed by atoms with Crippen LogP contribution in [0.5, 0.6) is 0 Å². The maximum Gasteiger partial charge on any atom is 0.171 e. The van der Waals surface area contributed by atoms with E-state index in [9.17, 15) is 8.78 Å². The number of nitrogens with one attached hydrogen (secondary N) is 2. The molecule has 0 spiro atoms. The zero-order valence-corrected chi connectivity index (χ0v) is 14.9. The number of benzene rings is 2. The van der Waals surface area contributed by atoms with Crippen molar-refractivity contribution in [2.45, 2.75) is 39.2 Å². The van der Waals surface area contributed by atoms with Crippen molar-refractivity contribution < 1.29 is 8.78 Å². The highest BCUT2D eigenvalue weighted by Gasteiger charge is 2.12. The summed E-state index contributed by atoms with van der Waals surface area (Å²) in [5.74, 6) is -0.807. The summed E-state index contributed by atoms with van der Waals surface area (Å²) >= 11 is 5.26. The van der Waals surface area contributed by atoms with Gasteiger partial charge in [-0.05, 0) is 47.8 Å². The molecule has 2 aromatic rings. The molecule has 2 rings (SSSR count). The average molecular weight is 348 g/mol. The van der Waals surface area contributed by atoms with Crippen LogP contribution in [0.1, 0.15) is 50.3 Å². The Morgan fingerprint density at radius 2 is 1.67 bits per heavy atom. The van der Waals surface area contributed by atoms with Gasteiger partial charge in [0.25, 0.3) is 0 Å². The Balaban J connectivity index is 2.05. The lowest BCUT2D eigenvalue weighted by Gasteiger charge is -2.21. The van der Waals surface area contributed by atoms with Crippen LogP contribution >= 0.6 is 12.2 Å². The van der Waals surface area contributed by atoms with Gasteiger partial charge in [-0.1, -0.05) is 45.0 Å². The molecule has 2 aromatic carbocycles. The largest absolute Gasteiger partial charge is 0.356 e. The van der Waals surface area contributed by atoms with Crippen LogP contribution in [0.3, 0.4) is 0 Å². The van der Waals surface area contributed by atoms with Crippen molar-refractivity contribution in [3.63, 3.8) is 0 Å². The molecular weight excluding hydrogens is 326 g/mol. The summed E-state index contributed by atoms with van der Waals surface area (Å²) < 4.78 is 26.6. The van der Waals surface area contributed by atoms with Crippen molar-refractivity contribution in [1.82, 2.24) is 5.32 Å². The van der Waals surface area contributed by atoms with Crippen LogP contribution in [-0.4, -0.2) is 5.11 Å². The summed E-state index contributed by atoms with van der Waals surface area (Å²) in [6.45, 7) is 6.36. The molecule has 0 aliphatic rings. The van der Waals surface area contributed by atoms with Crippen molar-refractivity contribution in [2.24, 2.45) is 0 Å². The van der Waals surface area contributed by atoms with Gasteiger partial charge in [0.15, 0.2) is 5.11 Å². The van der Waals surface area contributed by atoms with Crippen molar-refractivity contribution in [2.75, 3.05) is 5.32 Å². The Morgan fingerprint density at radius 3 is 2.21 bits per heavy atom. The Bertz CT molecular complexity index is 699. The maximum absolute atomic E-state index is 13.7. The van der Waals surface area contributed by atoms with Gasteiger partial charge in [0.1, 0.15) is 11.6 Å². The predicted molar refractivity (Wildman–Crippen MR) is 99.3 cm³/mol. The third-order valence-corrected chi connectivity index (χ3v) is 4.12. The first kappa shape index (κ1) is 18.3. The second-order valence-electron chi connectivity index (χ2n) is 6.00. The molecule has 0 heterocycles. The Hall–Kier alpha value is -2.01. The minimum absolute atomic E-state index is 0.0229. The summed E-state index contributed by atoms with van der Waals surface area (Å²) in [4.78, 5) is 0. The maximum atomic E-state index is 13.7. The van der Waals surface area contributed by atoms with E-state index in [1.807, 2.05) is 0 Å². The molecule has 1 unspecified atom stereocenters. The lowest BCUT2D eigenvalue weighted by molar-refractivity contribution is 0.585. The van der Waals surface area contributed by atoms with E-state index in [0.717, 1.165) is 18.1 Å². The monoisotopic (exact) mass is 348 g/mol. The second kappa shape index (κ2) is 8.20. The number of rotatable bonds is 5. The number of anilines is 1. The summed E-state index contributed by atoms with van der Waals surface area (Å²) in [7, 11) is 0. The van der Waals surface area contributed by atoms with E-state index in [2.05, 4.69) is 55.7 Å². The highest BCUT2D eigenvalue weighted by atomic mass is 32.1. The van der Waals surface area contributed by atoms with Crippen molar-refractivity contribution >= 4 is 23.0 Å². The molecule has 1 atom stereocenters. The third-order valence-electron chi connectivity index (χ3n) is 3.90. The molecule has 0 aliphatic heterocycles. The van der Waals surface area contributed by atoms with Crippen LogP contribution in [0.2, 0.25) is 0 Å². The smallest absolute Gasteiger partial charge is 0.171 e. The molecule has 0 saturated heterocycles. The van der Waals surface area contributed by atoms with Crippen LogP contribution in [0, 0.1) is 11.6 Å². The van der Waals surface area contributed by atoms with E-state index in [1.165, 1.54) is 17.7 Å². The molecule has 0 radical (unpaired) electrons. The minimum atomic E-state index is -0.673. The fourth-order valence-electron chi connectivity index (χ4n) is 2.44. The van der Waals surface area contributed by atoms with Crippen LogP contribution in [0.4, 0.5) is 14.5 Å². The lowest BCUT2D eigenvalue weighted by atomic mass is 9.98. The Morgan fingerprint density at radius 1 is 1.04 bits per heavy atom. The number of thiocarbonyl (C=S) groups is 1. The van der Waals surface area contributed by atoms with Gasteiger partial charge in [0, 0.05) is 6.07 Å². The van der Waals surface area contributed by atoms with Gasteiger partial charge in [-0.15, -0.1) is 0 Å². The Kier molecular flexibility index (Phi) is 6.26. The van der Waals surface area contributed by atoms with Crippen molar-refractivity contribution in [1.29, 1.82) is 0 Å². The standard InChI is InChI=1S/C19H22F2N2S/c1-4-17(14-7-5-13(6-8-14)12(2)3)22-19(24)23-18-10-9-15(20)11-16(18)21/h5-12,17H,4H2,1-3H3,(H2,22,23,24). The van der Waals surface area contributed by atoms with Crippen LogP contribution < -0.4 is 10.6 Å². The highest BCUT2D eigenvalue weighted by Crippen LogP contribution is 2.21. The second-order valence-corrected chi connectivity index (χ2v) is 6.41. The molecule has 2 N–H and O–H groups in total. The minimum Gasteiger partial charge on any atom is -0.356 e. The summed E-state index contributed by atoms with van der Waals surface area (Å²) in [5, 5.41) is 6.27. The molecule has 0 saturated carbocycles. The topological polar surface area (TPSA) is 24.1 Å². The molecular formula is C19H22F2N2S. The first-order valence-electron chi connectivity index (χ1n) is 8.03. The van der Waals surface area contributed by atoms with Gasteiger partial charge in [0.05, 0.1) is 11.7 Å². The molecule has 24 heavy (non-hydrogen) atoms. The van der Waals surface area contributed by atoms with Crippen molar-refractivity contribution in [3.8, 4) is 0 Å². The number of hydrogen-bond acceptors (Lipinski definition) is 1. The summed E-state index contributed by atoms with van der Waals surface area (Å²) in [6.07, 6.45) is 0.828. The van der Waals surface area contributed by atoms with E-state index < -0.39 is 11.6 Å². The van der Waals surface area contributed by atoms with E-state index in [-0.39, 0.29) is 11.7 Å². The quantitative estimate of drug-likeness (QED) is 0.695. The highest BCUT2D eigenvalue weighted by molar-refractivity contribution is 7.80. The van der Waals surface area contributed by atoms with Gasteiger partial charge in [-0.3, -0.25) is 0 Å². The fraction of sp³-hybridized carbons (Fsp3) is 0.316. The van der Waals surface area contributed by atoms with Gasteiger partial charge in [-0.25, -0.2) is 8.78 Å². The molecule has 128 valence electrons. The van der Waals surface area contributed by atoms with E-state index >= 15 is 0 Å². The fourth-order valence-corrected chi connectivity index (χ4v) is 2.69. The van der Waals surface area contributed by atoms with Gasteiger partial charge >= 0.3 is 0 Å². The summed E-state index contributed by atoms with van der Waals surface area (Å²) in [5.41, 5.74) is 2.55. The van der Waals surface area contributed by atoms with Crippen molar-refractivity contribution in [3.05, 3.63) is 65.2 Å². The van der Waals surface area contributed by atoms with E-state index in [1.54, 1.807) is 0 Å². The van der Waals surface area contributed by atoms with Gasteiger partial charge in [0.2, 0.25) is 0 Å². The molecule has 2 nitrogen and oxygen atoms in total. The van der Waals surface area contributed by atoms with Gasteiger partial charge in [-0.2, -0.15) is 0 Å². The number of hydrogen-bond donors (Lipinski definition) is 2. The average Bonchev–Trinajstić information content (AvgIpc) is 2.55. The molecule has 0 amide bonds. The molecule has 0 bridgehead atoms. The first-order valence-corrected chi connectivity index (χ1v) is 8.44. The predicted octanol–water partition coefficient (Wildman–Crippen LogP) is 5.53. The zero-order chi connectivity index (χ0) is 17.7. The van der Waals surface area contributed by atoms with Crippen LogP contribution in [0.25, 0.3) is 0 Å². The molecule has 0 aliphatic carbocycles. The Labute approximate surface area is 147 Å². The molecule has 0 fully saturated rings. The van der Waals surface area contributed by atoms with Crippen LogP contribution in [0.15, 0.2) is 42.5 Å². The lowest BCUT2D eigenvalue weighted by Crippen LogP contribution is -2.32. The third kappa shape index (κ3) is 4.74. The molecule has 0 aromatic heterocycles. The molecule has 5 heteroatoms. The van der Waals surface area contributed by atoms with E-state index in [4.69, 9.17) is 12.2 Å². The SMILES string of the molecule is CCC(NC(=S)Nc1ccc(F)cc1F)c1ccc(C(C)C)cc1. The van der Waals surface area contributed by atoms with Gasteiger partial charge < -0.3 is 10.6 Å².